The second-order valence-corrected chi connectivity index (χ2v) is 6.01. The molecule has 106 valence electrons. The van der Waals surface area contributed by atoms with Crippen molar-refractivity contribution in [2.75, 3.05) is 0 Å². The van der Waals surface area contributed by atoms with Gasteiger partial charge in [0.25, 0.3) is 0 Å². The molecular weight excluding hydrogens is 236 g/mol. The van der Waals surface area contributed by atoms with Crippen LogP contribution in [0.15, 0.2) is 24.3 Å². The number of aromatic hydroxyl groups is 1. The molecule has 1 aromatic rings. The van der Waals surface area contributed by atoms with E-state index in [2.05, 4.69) is 6.92 Å². The van der Waals surface area contributed by atoms with Crippen molar-refractivity contribution in [2.24, 2.45) is 11.8 Å². The van der Waals surface area contributed by atoms with Crippen molar-refractivity contribution in [2.45, 2.75) is 58.0 Å². The van der Waals surface area contributed by atoms with E-state index in [1.54, 1.807) is 12.1 Å². The van der Waals surface area contributed by atoms with E-state index in [1.807, 2.05) is 12.1 Å². The quantitative estimate of drug-likeness (QED) is 0.845. The molecule has 0 radical (unpaired) electrons. The van der Waals surface area contributed by atoms with Gasteiger partial charge in [-0.25, -0.2) is 0 Å². The third-order valence-corrected chi connectivity index (χ3v) is 4.51. The van der Waals surface area contributed by atoms with E-state index in [0.717, 1.165) is 11.5 Å². The highest BCUT2D eigenvalue weighted by molar-refractivity contribution is 5.26. The predicted molar refractivity (Wildman–Crippen MR) is 78.2 cm³/mol. The molecule has 0 heterocycles. The number of phenols is 1. The first kappa shape index (κ1) is 14.4. The molecule has 2 heteroatoms. The van der Waals surface area contributed by atoms with Crippen LogP contribution in [0.4, 0.5) is 0 Å². The molecule has 1 fully saturated rings. The molecule has 2 rings (SSSR count). The fraction of sp³-hybridized carbons (Fsp3) is 0.647. The summed E-state index contributed by atoms with van der Waals surface area (Å²) in [6.45, 7) is 2.26. The van der Waals surface area contributed by atoms with Gasteiger partial charge in [0.1, 0.15) is 5.75 Å². The van der Waals surface area contributed by atoms with E-state index in [9.17, 15) is 10.2 Å². The van der Waals surface area contributed by atoms with Gasteiger partial charge in [0, 0.05) is 0 Å². The SMILES string of the molecule is CCCC1CCC(C(O)Cc2ccc(O)cc2)CC1. The Morgan fingerprint density at radius 2 is 1.74 bits per heavy atom. The number of benzene rings is 1. The first-order valence-electron chi connectivity index (χ1n) is 7.65. The van der Waals surface area contributed by atoms with Gasteiger partial charge in [-0.2, -0.15) is 0 Å². The summed E-state index contributed by atoms with van der Waals surface area (Å²) in [7, 11) is 0. The summed E-state index contributed by atoms with van der Waals surface area (Å²) in [4.78, 5) is 0. The van der Waals surface area contributed by atoms with Gasteiger partial charge in [-0.3, -0.25) is 0 Å². The van der Waals surface area contributed by atoms with Crippen molar-refractivity contribution in [3.05, 3.63) is 29.8 Å². The van der Waals surface area contributed by atoms with Crippen LogP contribution in [0.2, 0.25) is 0 Å². The van der Waals surface area contributed by atoms with Crippen molar-refractivity contribution in [1.29, 1.82) is 0 Å². The summed E-state index contributed by atoms with van der Waals surface area (Å²) < 4.78 is 0. The van der Waals surface area contributed by atoms with E-state index in [-0.39, 0.29) is 6.10 Å². The van der Waals surface area contributed by atoms with Crippen molar-refractivity contribution in [3.63, 3.8) is 0 Å². The average Bonchev–Trinajstić information content (AvgIpc) is 2.42. The first-order valence-corrected chi connectivity index (χ1v) is 7.65. The second-order valence-electron chi connectivity index (χ2n) is 6.01. The molecule has 1 aromatic carbocycles. The summed E-state index contributed by atoms with van der Waals surface area (Å²) in [5, 5.41) is 19.6. The van der Waals surface area contributed by atoms with E-state index in [1.165, 1.54) is 38.5 Å². The Bertz CT molecular complexity index is 363. The van der Waals surface area contributed by atoms with Gasteiger partial charge in [-0.15, -0.1) is 0 Å². The molecule has 0 saturated heterocycles. The lowest BCUT2D eigenvalue weighted by atomic mass is 9.77. The monoisotopic (exact) mass is 262 g/mol. The van der Waals surface area contributed by atoms with Crippen LogP contribution in [0.5, 0.6) is 5.75 Å². The molecule has 0 aromatic heterocycles. The highest BCUT2D eigenvalue weighted by atomic mass is 16.3. The van der Waals surface area contributed by atoms with Crippen molar-refractivity contribution < 1.29 is 10.2 Å². The van der Waals surface area contributed by atoms with Gasteiger partial charge >= 0.3 is 0 Å². The predicted octanol–water partition coefficient (Wildman–Crippen LogP) is 3.90. The largest absolute Gasteiger partial charge is 0.508 e. The zero-order valence-electron chi connectivity index (χ0n) is 11.9. The third-order valence-electron chi connectivity index (χ3n) is 4.51. The molecule has 0 bridgehead atoms. The van der Waals surface area contributed by atoms with Crippen molar-refractivity contribution in [3.8, 4) is 5.75 Å². The molecule has 0 aliphatic heterocycles. The summed E-state index contributed by atoms with van der Waals surface area (Å²) in [5.41, 5.74) is 1.11. The Hall–Kier alpha value is -1.02. The lowest BCUT2D eigenvalue weighted by molar-refractivity contribution is 0.0728. The molecule has 0 amide bonds. The molecule has 1 saturated carbocycles. The molecule has 1 atom stereocenters. The molecule has 0 spiro atoms. The number of aliphatic hydroxyl groups excluding tert-OH is 1. The van der Waals surface area contributed by atoms with Crippen LogP contribution in [-0.2, 0) is 6.42 Å². The maximum atomic E-state index is 10.4. The van der Waals surface area contributed by atoms with Crippen LogP contribution in [0.3, 0.4) is 0 Å². The summed E-state index contributed by atoms with van der Waals surface area (Å²) in [5.74, 6) is 1.64. The van der Waals surface area contributed by atoms with Gasteiger partial charge in [-0.1, -0.05) is 44.7 Å². The highest BCUT2D eigenvalue weighted by Gasteiger charge is 2.26. The number of phenolic OH excluding ortho intramolecular Hbond substituents is 1. The Balaban J connectivity index is 1.81. The van der Waals surface area contributed by atoms with Gasteiger partial charge in [0.15, 0.2) is 0 Å². The van der Waals surface area contributed by atoms with Gasteiger partial charge in [-0.05, 0) is 48.8 Å². The summed E-state index contributed by atoms with van der Waals surface area (Å²) in [6.07, 6.45) is 8.02. The van der Waals surface area contributed by atoms with E-state index >= 15 is 0 Å². The van der Waals surface area contributed by atoms with Crippen molar-refractivity contribution in [1.82, 2.24) is 0 Å². The fourth-order valence-electron chi connectivity index (χ4n) is 3.31. The smallest absolute Gasteiger partial charge is 0.115 e. The van der Waals surface area contributed by atoms with Gasteiger partial charge < -0.3 is 10.2 Å². The molecule has 19 heavy (non-hydrogen) atoms. The normalized spacial score (nSPS) is 25.2. The minimum absolute atomic E-state index is 0.230. The minimum atomic E-state index is -0.230. The topological polar surface area (TPSA) is 40.5 Å². The minimum Gasteiger partial charge on any atom is -0.508 e. The second kappa shape index (κ2) is 6.95. The Labute approximate surface area is 116 Å². The molecule has 2 nitrogen and oxygen atoms in total. The standard InChI is InChI=1S/C17H26O2/c1-2-3-13-4-8-15(9-5-13)17(19)12-14-6-10-16(18)11-7-14/h6-7,10-11,13,15,17-19H,2-5,8-9,12H2,1H3. The molecule has 1 unspecified atom stereocenters. The lowest BCUT2D eigenvalue weighted by Gasteiger charge is -2.31. The maximum Gasteiger partial charge on any atom is 0.115 e. The zero-order valence-corrected chi connectivity index (χ0v) is 11.9. The van der Waals surface area contributed by atoms with Crippen molar-refractivity contribution >= 4 is 0 Å². The highest BCUT2D eigenvalue weighted by Crippen LogP contribution is 2.34. The van der Waals surface area contributed by atoms with E-state index < -0.39 is 0 Å². The zero-order chi connectivity index (χ0) is 13.7. The van der Waals surface area contributed by atoms with Crippen LogP contribution in [-0.4, -0.2) is 16.3 Å². The molecule has 2 N–H and O–H groups in total. The molecular formula is C17H26O2. The van der Waals surface area contributed by atoms with Crippen LogP contribution < -0.4 is 0 Å². The third kappa shape index (κ3) is 4.24. The Morgan fingerprint density at radius 3 is 2.32 bits per heavy atom. The number of hydrogen-bond donors (Lipinski definition) is 2. The van der Waals surface area contributed by atoms with E-state index in [0.29, 0.717) is 18.1 Å². The molecule has 1 aliphatic rings. The lowest BCUT2D eigenvalue weighted by Crippen LogP contribution is -2.27. The first-order chi connectivity index (χ1) is 9.19. The summed E-state index contributed by atoms with van der Waals surface area (Å²) >= 11 is 0. The number of hydrogen-bond acceptors (Lipinski definition) is 2. The fourth-order valence-corrected chi connectivity index (χ4v) is 3.31. The Morgan fingerprint density at radius 1 is 1.11 bits per heavy atom. The maximum absolute atomic E-state index is 10.4. The Kier molecular flexibility index (Phi) is 5.26. The average molecular weight is 262 g/mol. The number of rotatable bonds is 5. The van der Waals surface area contributed by atoms with Crippen LogP contribution in [0.1, 0.15) is 51.0 Å². The molecule has 1 aliphatic carbocycles. The van der Waals surface area contributed by atoms with Crippen LogP contribution in [0.25, 0.3) is 0 Å². The van der Waals surface area contributed by atoms with Gasteiger partial charge in [0.2, 0.25) is 0 Å². The van der Waals surface area contributed by atoms with E-state index in [4.69, 9.17) is 0 Å². The number of aliphatic hydroxyl groups is 1. The van der Waals surface area contributed by atoms with Crippen LogP contribution in [0, 0.1) is 11.8 Å². The summed E-state index contributed by atoms with van der Waals surface area (Å²) in [6, 6.07) is 7.20. The van der Waals surface area contributed by atoms with Gasteiger partial charge in [0.05, 0.1) is 6.10 Å². The van der Waals surface area contributed by atoms with Crippen LogP contribution >= 0.6 is 0 Å².